The zero-order valence-corrected chi connectivity index (χ0v) is 18.5. The van der Waals surface area contributed by atoms with Crippen molar-refractivity contribution >= 4 is 39.1 Å². The molecule has 1 aliphatic heterocycles. The van der Waals surface area contributed by atoms with Crippen LogP contribution in [-0.2, 0) is 26.2 Å². The number of sulfonamides is 1. The number of likely N-dealkylation sites (tertiary alicyclic amines) is 1. The number of benzene rings is 2. The predicted molar refractivity (Wildman–Crippen MR) is 114 cm³/mol. The molecule has 1 heterocycles. The van der Waals surface area contributed by atoms with Crippen LogP contribution in [0.5, 0.6) is 0 Å². The summed E-state index contributed by atoms with van der Waals surface area (Å²) in [5.41, 5.74) is 1.08. The third kappa shape index (κ3) is 4.19. The Kier molecular flexibility index (Phi) is 5.79. The molecule has 1 N–H and O–H groups in total. The largest absolute Gasteiger partial charge is 0.278 e. The fourth-order valence-electron chi connectivity index (χ4n) is 4.37. The predicted octanol–water partition coefficient (Wildman–Crippen LogP) is 4.26. The fraction of sp³-hybridized carbons (Fsp3) is 0.364. The summed E-state index contributed by atoms with van der Waals surface area (Å²) < 4.78 is 41.6. The van der Waals surface area contributed by atoms with Crippen LogP contribution in [0.15, 0.2) is 41.3 Å². The normalized spacial score (nSPS) is 21.3. The Morgan fingerprint density at radius 2 is 1.71 bits per heavy atom. The van der Waals surface area contributed by atoms with Gasteiger partial charge >= 0.3 is 0 Å². The van der Waals surface area contributed by atoms with Gasteiger partial charge < -0.3 is 0 Å². The van der Waals surface area contributed by atoms with Gasteiger partial charge in [0, 0.05) is 0 Å². The Bertz CT molecular complexity index is 1140. The number of carbonyl (C=O) groups is 2. The highest BCUT2D eigenvalue weighted by Gasteiger charge is 2.47. The van der Waals surface area contributed by atoms with Crippen LogP contribution in [-0.4, -0.2) is 25.1 Å². The molecule has 6 nitrogen and oxygen atoms in total. The number of fused-ring (bicyclic) bond motifs is 1. The van der Waals surface area contributed by atoms with Gasteiger partial charge in [-0.1, -0.05) is 36.6 Å². The van der Waals surface area contributed by atoms with Crippen molar-refractivity contribution in [1.29, 1.82) is 0 Å². The van der Waals surface area contributed by atoms with Gasteiger partial charge in [0.15, 0.2) is 0 Å². The minimum absolute atomic E-state index is 0.00176. The summed E-state index contributed by atoms with van der Waals surface area (Å²) in [4.78, 5) is 26.7. The van der Waals surface area contributed by atoms with Crippen molar-refractivity contribution in [3.63, 3.8) is 0 Å². The molecule has 2 aliphatic rings. The van der Waals surface area contributed by atoms with E-state index in [1.807, 2.05) is 0 Å². The monoisotopic (exact) mass is 464 g/mol. The molecule has 1 saturated carbocycles. The number of amides is 2. The molecule has 1 aliphatic carbocycles. The highest BCUT2D eigenvalue weighted by molar-refractivity contribution is 7.92. The van der Waals surface area contributed by atoms with Gasteiger partial charge in [-0.2, -0.15) is 0 Å². The molecule has 2 aromatic rings. The van der Waals surface area contributed by atoms with Crippen molar-refractivity contribution in [3.8, 4) is 0 Å². The number of anilines is 1. The lowest BCUT2D eigenvalue weighted by molar-refractivity contribution is -0.140. The van der Waals surface area contributed by atoms with Crippen LogP contribution in [0.2, 0.25) is 5.02 Å². The molecule has 9 heteroatoms. The van der Waals surface area contributed by atoms with Gasteiger partial charge in [0.2, 0.25) is 11.8 Å². The molecule has 0 spiro atoms. The zero-order chi connectivity index (χ0) is 22.3. The summed E-state index contributed by atoms with van der Waals surface area (Å²) in [7, 11) is -4.03. The topological polar surface area (TPSA) is 83.6 Å². The van der Waals surface area contributed by atoms with E-state index < -0.39 is 15.8 Å². The van der Waals surface area contributed by atoms with Crippen LogP contribution in [0.4, 0.5) is 10.1 Å². The summed E-state index contributed by atoms with van der Waals surface area (Å²) in [6, 6.07) is 8.18. The Labute approximate surface area is 185 Å². The molecular weight excluding hydrogens is 443 g/mol. The van der Waals surface area contributed by atoms with E-state index >= 15 is 0 Å². The summed E-state index contributed by atoms with van der Waals surface area (Å²) in [5, 5.41) is -0.0618. The first-order valence-corrected chi connectivity index (χ1v) is 12.0. The summed E-state index contributed by atoms with van der Waals surface area (Å²) in [6.07, 6.45) is 3.33. The molecule has 0 bridgehead atoms. The van der Waals surface area contributed by atoms with Crippen molar-refractivity contribution in [2.24, 2.45) is 11.8 Å². The van der Waals surface area contributed by atoms with E-state index in [-0.39, 0.29) is 45.8 Å². The van der Waals surface area contributed by atoms with Crippen molar-refractivity contribution in [2.75, 3.05) is 4.72 Å². The Balaban J connectivity index is 1.60. The van der Waals surface area contributed by atoms with Crippen LogP contribution >= 0.6 is 11.6 Å². The smallest absolute Gasteiger partial charge is 0.262 e. The molecule has 1 saturated heterocycles. The number of aryl methyl sites for hydroxylation is 1. The van der Waals surface area contributed by atoms with Crippen molar-refractivity contribution < 1.29 is 22.4 Å². The van der Waals surface area contributed by atoms with Gasteiger partial charge in [0.25, 0.3) is 10.0 Å². The van der Waals surface area contributed by atoms with Crippen LogP contribution in [0, 0.1) is 24.6 Å². The third-order valence-corrected chi connectivity index (χ3v) is 7.81. The number of nitrogens with one attached hydrogen (secondary N) is 1. The van der Waals surface area contributed by atoms with Gasteiger partial charge in [-0.05, 0) is 55.2 Å². The van der Waals surface area contributed by atoms with Crippen LogP contribution in [0.25, 0.3) is 0 Å². The van der Waals surface area contributed by atoms with Gasteiger partial charge in [0.05, 0.1) is 34.0 Å². The molecule has 31 heavy (non-hydrogen) atoms. The lowest BCUT2D eigenvalue weighted by Crippen LogP contribution is -2.30. The van der Waals surface area contributed by atoms with Crippen molar-refractivity contribution in [2.45, 2.75) is 44.0 Å². The average Bonchev–Trinajstić information content (AvgIpc) is 2.96. The van der Waals surface area contributed by atoms with E-state index in [0.29, 0.717) is 11.1 Å². The van der Waals surface area contributed by atoms with E-state index in [1.165, 1.54) is 17.0 Å². The summed E-state index contributed by atoms with van der Waals surface area (Å²) in [5.74, 6) is -1.42. The molecule has 0 unspecified atom stereocenters. The molecule has 0 aromatic heterocycles. The summed E-state index contributed by atoms with van der Waals surface area (Å²) in [6.45, 7) is 1.68. The number of imide groups is 1. The number of hydrogen-bond acceptors (Lipinski definition) is 4. The molecule has 2 amide bonds. The molecule has 2 atom stereocenters. The molecular formula is C22H22ClFN2O4S. The zero-order valence-electron chi connectivity index (χ0n) is 16.9. The second kappa shape index (κ2) is 8.24. The van der Waals surface area contributed by atoms with E-state index in [4.69, 9.17) is 11.6 Å². The second-order valence-corrected chi connectivity index (χ2v) is 10.1. The minimum Gasteiger partial charge on any atom is -0.278 e. The molecule has 0 radical (unpaired) electrons. The van der Waals surface area contributed by atoms with Crippen molar-refractivity contribution in [1.82, 2.24) is 4.90 Å². The average molecular weight is 465 g/mol. The summed E-state index contributed by atoms with van der Waals surface area (Å²) >= 11 is 5.95. The van der Waals surface area contributed by atoms with Gasteiger partial charge in [-0.15, -0.1) is 0 Å². The molecule has 164 valence electrons. The SMILES string of the molecule is Cc1ccc(CN2C(=O)[C@H]3CCCC[C@H]3C2=O)cc1S(=O)(=O)Nc1ccc(F)cc1Cl. The van der Waals surface area contributed by atoms with Crippen molar-refractivity contribution in [3.05, 3.63) is 58.4 Å². The Morgan fingerprint density at radius 1 is 1.06 bits per heavy atom. The molecule has 2 fully saturated rings. The van der Waals surface area contributed by atoms with Gasteiger partial charge in [-0.25, -0.2) is 12.8 Å². The number of rotatable bonds is 5. The number of carbonyl (C=O) groups excluding carboxylic acids is 2. The maximum atomic E-state index is 13.3. The van der Waals surface area contributed by atoms with E-state index in [2.05, 4.69) is 4.72 Å². The fourth-order valence-corrected chi connectivity index (χ4v) is 6.02. The molecule has 4 rings (SSSR count). The van der Waals surface area contributed by atoms with Crippen LogP contribution < -0.4 is 4.72 Å². The first-order chi connectivity index (χ1) is 14.7. The number of hydrogen-bond donors (Lipinski definition) is 1. The standard InChI is InChI=1S/C22H22ClFN2O4S/c1-13-6-7-14(12-26-21(27)16-4-2-3-5-17(16)22(26)28)10-20(13)31(29,30)25-19-9-8-15(24)11-18(19)23/h6-11,16-17,25H,2-5,12H2,1H3/t16-,17+. The van der Waals surface area contributed by atoms with Crippen LogP contribution in [0.3, 0.4) is 0 Å². The van der Waals surface area contributed by atoms with E-state index in [0.717, 1.165) is 37.8 Å². The maximum absolute atomic E-state index is 13.3. The minimum atomic E-state index is -4.03. The molecule has 2 aromatic carbocycles. The first kappa shape index (κ1) is 21.8. The number of nitrogens with zero attached hydrogens (tertiary/aromatic N) is 1. The number of halogens is 2. The quantitative estimate of drug-likeness (QED) is 0.670. The van der Waals surface area contributed by atoms with E-state index in [9.17, 15) is 22.4 Å². The maximum Gasteiger partial charge on any atom is 0.262 e. The lowest BCUT2D eigenvalue weighted by atomic mass is 9.81. The van der Waals surface area contributed by atoms with Gasteiger partial charge in [-0.3, -0.25) is 19.2 Å². The van der Waals surface area contributed by atoms with Gasteiger partial charge in [0.1, 0.15) is 5.82 Å². The Morgan fingerprint density at radius 3 is 2.32 bits per heavy atom. The third-order valence-electron chi connectivity index (χ3n) is 5.99. The highest BCUT2D eigenvalue weighted by atomic mass is 35.5. The highest BCUT2D eigenvalue weighted by Crippen LogP contribution is 2.38. The second-order valence-electron chi connectivity index (χ2n) is 8.09. The Hall–Kier alpha value is -2.45. The lowest BCUT2D eigenvalue weighted by Gasteiger charge is -2.19. The van der Waals surface area contributed by atoms with Crippen LogP contribution in [0.1, 0.15) is 36.8 Å². The van der Waals surface area contributed by atoms with E-state index in [1.54, 1.807) is 19.1 Å². The first-order valence-electron chi connectivity index (χ1n) is 10.1.